The summed E-state index contributed by atoms with van der Waals surface area (Å²) in [4.78, 5) is 0. The van der Waals surface area contributed by atoms with Gasteiger partial charge in [0.2, 0.25) is 12.6 Å². The van der Waals surface area contributed by atoms with E-state index in [1.807, 2.05) is 0 Å². The van der Waals surface area contributed by atoms with E-state index in [-0.39, 0.29) is 0 Å². The Labute approximate surface area is 72.1 Å². The van der Waals surface area contributed by atoms with Gasteiger partial charge in [0.1, 0.15) is 0 Å². The lowest BCUT2D eigenvalue weighted by Gasteiger charge is -2.12. The van der Waals surface area contributed by atoms with Crippen molar-refractivity contribution in [3.63, 3.8) is 0 Å². The van der Waals surface area contributed by atoms with Crippen LogP contribution >= 0.6 is 0 Å². The smallest absolute Gasteiger partial charge is 0.304 e. The normalized spacial score (nSPS) is 21.3. The van der Waals surface area contributed by atoms with Crippen molar-refractivity contribution in [1.29, 1.82) is 0 Å². The molecule has 0 aliphatic rings. The summed E-state index contributed by atoms with van der Waals surface area (Å²) in [6, 6.07) is 0. The Morgan fingerprint density at radius 2 is 1.17 bits per heavy atom. The predicted octanol–water partition coefficient (Wildman–Crippen LogP) is -2.07. The van der Waals surface area contributed by atoms with Crippen LogP contribution in [0, 0.1) is 0 Å². The van der Waals surface area contributed by atoms with E-state index >= 15 is 0 Å². The Bertz CT molecular complexity index is 160. The van der Waals surface area contributed by atoms with E-state index < -0.39 is 35.3 Å². The maximum absolute atomic E-state index is 9.82. The zero-order valence-electron chi connectivity index (χ0n) is 5.39. The number of aliphatic hydroxyl groups excluding tert-OH is 2. The van der Waals surface area contributed by atoms with Crippen LogP contribution in [0.25, 0.3) is 0 Å². The summed E-state index contributed by atoms with van der Waals surface area (Å²) in [5.74, 6) is 0. The molecular formula is C2H6O8S2. The predicted molar refractivity (Wildman–Crippen MR) is 35.7 cm³/mol. The van der Waals surface area contributed by atoms with Gasteiger partial charge in [-0.1, -0.05) is 0 Å². The third kappa shape index (κ3) is 5.68. The zero-order valence-corrected chi connectivity index (χ0v) is 7.03. The monoisotopic (exact) mass is 222 g/mol. The summed E-state index contributed by atoms with van der Waals surface area (Å²) in [6.07, 6.45) is -4.35. The van der Waals surface area contributed by atoms with Gasteiger partial charge < -0.3 is 10.2 Å². The third-order valence-electron chi connectivity index (χ3n) is 0.606. The minimum Gasteiger partial charge on any atom is -0.363 e. The van der Waals surface area contributed by atoms with Gasteiger partial charge in [0.15, 0.2) is 0 Å². The van der Waals surface area contributed by atoms with Crippen molar-refractivity contribution in [1.82, 2.24) is 0 Å². The molecule has 0 aromatic rings. The standard InChI is InChI=1S/C2H6O8S2/c3-1(9-11(5)6)2(4)10-12(7)8/h1-4H,(H,5,6)(H,7,8)/t1-,2-/m0/s1. The number of rotatable bonds is 5. The molecule has 0 aliphatic heterocycles. The minimum absolute atomic E-state index is 2.17. The molecule has 0 amide bonds. The van der Waals surface area contributed by atoms with Gasteiger partial charge in [0.25, 0.3) is 0 Å². The van der Waals surface area contributed by atoms with Crippen LogP contribution < -0.4 is 0 Å². The summed E-state index contributed by atoms with van der Waals surface area (Å²) in [5.41, 5.74) is 0. The molecule has 10 heteroatoms. The highest BCUT2D eigenvalue weighted by atomic mass is 32.2. The molecule has 12 heavy (non-hydrogen) atoms. The molecule has 0 aromatic carbocycles. The van der Waals surface area contributed by atoms with E-state index in [0.29, 0.717) is 0 Å². The first kappa shape index (κ1) is 12.1. The van der Waals surface area contributed by atoms with Crippen LogP contribution in [0.15, 0.2) is 0 Å². The first-order valence-electron chi connectivity index (χ1n) is 2.35. The second kappa shape index (κ2) is 5.66. The molecule has 0 rings (SSSR count). The Hall–Kier alpha value is 0.0600. The van der Waals surface area contributed by atoms with Gasteiger partial charge in [0, 0.05) is 0 Å². The fourth-order valence-corrected chi connectivity index (χ4v) is 0.791. The fourth-order valence-electron chi connectivity index (χ4n) is 0.264. The van der Waals surface area contributed by atoms with E-state index in [2.05, 4.69) is 8.37 Å². The lowest BCUT2D eigenvalue weighted by atomic mass is 10.6. The topological polar surface area (TPSA) is 134 Å². The quantitative estimate of drug-likeness (QED) is 0.308. The molecule has 0 aromatic heterocycles. The summed E-state index contributed by atoms with van der Waals surface area (Å²) < 4.78 is 43.0. The van der Waals surface area contributed by atoms with Crippen molar-refractivity contribution in [2.75, 3.05) is 0 Å². The molecule has 0 heterocycles. The van der Waals surface area contributed by atoms with Gasteiger partial charge in [-0.3, -0.25) is 9.11 Å². The minimum atomic E-state index is -2.80. The second-order valence-corrected chi connectivity index (χ2v) is 2.66. The third-order valence-corrected chi connectivity index (χ3v) is 1.33. The van der Waals surface area contributed by atoms with Crippen LogP contribution in [0.4, 0.5) is 0 Å². The van der Waals surface area contributed by atoms with Crippen molar-refractivity contribution in [2.45, 2.75) is 12.6 Å². The van der Waals surface area contributed by atoms with Gasteiger partial charge in [-0.2, -0.15) is 8.42 Å². The molecule has 0 saturated carbocycles. The van der Waals surface area contributed by atoms with Crippen LogP contribution in [-0.4, -0.2) is 40.3 Å². The van der Waals surface area contributed by atoms with Gasteiger partial charge in [-0.15, -0.1) is 0 Å². The zero-order chi connectivity index (χ0) is 9.72. The molecule has 74 valence electrons. The van der Waals surface area contributed by atoms with Crippen LogP contribution in [0.5, 0.6) is 0 Å². The van der Waals surface area contributed by atoms with Gasteiger partial charge >= 0.3 is 22.7 Å². The summed E-state index contributed by atoms with van der Waals surface area (Å²) in [6.45, 7) is 0. The van der Waals surface area contributed by atoms with Crippen molar-refractivity contribution in [3.8, 4) is 0 Å². The first-order chi connectivity index (χ1) is 5.43. The Balaban J connectivity index is 3.83. The van der Waals surface area contributed by atoms with Gasteiger partial charge in [-0.05, 0) is 0 Å². The summed E-state index contributed by atoms with van der Waals surface area (Å²) >= 11 is -5.60. The Morgan fingerprint density at radius 1 is 0.917 bits per heavy atom. The molecular weight excluding hydrogens is 216 g/mol. The summed E-state index contributed by atoms with van der Waals surface area (Å²) in [7, 11) is 0. The summed E-state index contributed by atoms with van der Waals surface area (Å²) in [5, 5.41) is 17.1. The van der Waals surface area contributed by atoms with Gasteiger partial charge in [0.05, 0.1) is 0 Å². The second-order valence-electron chi connectivity index (χ2n) is 1.41. The molecule has 0 aliphatic carbocycles. The molecule has 8 nitrogen and oxygen atoms in total. The number of aliphatic hydroxyl groups is 2. The van der Waals surface area contributed by atoms with Crippen LogP contribution in [0.2, 0.25) is 0 Å². The van der Waals surface area contributed by atoms with Crippen LogP contribution in [0.1, 0.15) is 0 Å². The largest absolute Gasteiger partial charge is 0.363 e. The van der Waals surface area contributed by atoms with E-state index in [1.165, 1.54) is 0 Å². The molecule has 4 atom stereocenters. The maximum Gasteiger partial charge on any atom is 0.304 e. The fraction of sp³-hybridized carbons (Fsp3) is 1.00. The van der Waals surface area contributed by atoms with Crippen molar-refractivity contribution < 1.29 is 36.1 Å². The van der Waals surface area contributed by atoms with Crippen molar-refractivity contribution in [3.05, 3.63) is 0 Å². The number of hydrogen-bond donors (Lipinski definition) is 4. The SMILES string of the molecule is O=S(O)O[C@H](O)[C@@H](O)OS(=O)O. The van der Waals surface area contributed by atoms with E-state index in [4.69, 9.17) is 19.3 Å². The molecule has 0 bridgehead atoms. The highest BCUT2D eigenvalue weighted by molar-refractivity contribution is 7.74. The Kier molecular flexibility index (Phi) is 5.69. The average Bonchev–Trinajstić information content (AvgIpc) is 1.84. The molecule has 0 fully saturated rings. The average molecular weight is 222 g/mol. The van der Waals surface area contributed by atoms with Crippen LogP contribution in [-0.2, 0) is 31.1 Å². The Morgan fingerprint density at radius 3 is 1.33 bits per heavy atom. The van der Waals surface area contributed by atoms with E-state index in [1.54, 1.807) is 0 Å². The molecule has 2 unspecified atom stereocenters. The highest BCUT2D eigenvalue weighted by Gasteiger charge is 2.22. The van der Waals surface area contributed by atoms with Gasteiger partial charge in [-0.25, -0.2) is 8.37 Å². The lowest BCUT2D eigenvalue weighted by Crippen LogP contribution is -2.32. The van der Waals surface area contributed by atoms with Crippen LogP contribution in [0.3, 0.4) is 0 Å². The molecule has 0 saturated heterocycles. The van der Waals surface area contributed by atoms with E-state index in [9.17, 15) is 8.42 Å². The number of hydrogen-bond acceptors (Lipinski definition) is 6. The van der Waals surface area contributed by atoms with Crippen molar-refractivity contribution in [2.24, 2.45) is 0 Å². The maximum atomic E-state index is 9.82. The van der Waals surface area contributed by atoms with Crippen molar-refractivity contribution >= 4 is 22.7 Å². The molecule has 0 radical (unpaired) electrons. The lowest BCUT2D eigenvalue weighted by molar-refractivity contribution is -0.177. The first-order valence-corrected chi connectivity index (χ1v) is 4.42. The molecule has 4 N–H and O–H groups in total. The highest BCUT2D eigenvalue weighted by Crippen LogP contribution is 2.00. The van der Waals surface area contributed by atoms with E-state index in [0.717, 1.165) is 0 Å². The molecule has 0 spiro atoms.